The molecule has 1 atom stereocenters. The van der Waals surface area contributed by atoms with Gasteiger partial charge in [-0.3, -0.25) is 4.79 Å². The van der Waals surface area contributed by atoms with Crippen LogP contribution in [0.25, 0.3) is 0 Å². The molecule has 1 unspecified atom stereocenters. The van der Waals surface area contributed by atoms with Gasteiger partial charge in [0.25, 0.3) is 5.91 Å². The number of benzene rings is 3. The van der Waals surface area contributed by atoms with Crippen LogP contribution in [0.2, 0.25) is 0 Å². The van der Waals surface area contributed by atoms with E-state index in [0.29, 0.717) is 5.56 Å². The third-order valence-corrected chi connectivity index (χ3v) is 5.88. The molecule has 4 nitrogen and oxygen atoms in total. The summed E-state index contributed by atoms with van der Waals surface area (Å²) in [4.78, 5) is 13.8. The normalized spacial score (nSPS) is 15.8. The van der Waals surface area contributed by atoms with Crippen molar-refractivity contribution in [2.45, 2.75) is 23.8 Å². The van der Waals surface area contributed by atoms with E-state index in [2.05, 4.69) is 5.32 Å². The van der Waals surface area contributed by atoms with E-state index in [9.17, 15) is 4.79 Å². The minimum atomic E-state index is -0.114. The van der Waals surface area contributed by atoms with Gasteiger partial charge in [-0.25, -0.2) is 0 Å². The smallest absolute Gasteiger partial charge is 0.256 e. The maximum Gasteiger partial charge on any atom is 0.256 e. The average molecular weight is 406 g/mol. The molecule has 1 heterocycles. The van der Waals surface area contributed by atoms with E-state index < -0.39 is 0 Å². The predicted octanol–water partition coefficient (Wildman–Crippen LogP) is 6.00. The fraction of sp³-hybridized carbons (Fsp3) is 0.208. The van der Waals surface area contributed by atoms with Crippen molar-refractivity contribution in [2.75, 3.05) is 17.7 Å². The lowest BCUT2D eigenvalue weighted by atomic mass is 10.2. The fourth-order valence-electron chi connectivity index (χ4n) is 3.17. The van der Waals surface area contributed by atoms with Crippen molar-refractivity contribution in [3.63, 3.8) is 0 Å². The Morgan fingerprint density at radius 2 is 1.69 bits per heavy atom. The monoisotopic (exact) mass is 405 g/mol. The zero-order valence-corrected chi connectivity index (χ0v) is 16.9. The second-order valence-corrected chi connectivity index (χ2v) is 7.90. The summed E-state index contributed by atoms with van der Waals surface area (Å²) in [5.74, 6) is 2.26. The maximum absolute atomic E-state index is 12.8. The van der Waals surface area contributed by atoms with E-state index in [1.165, 1.54) is 0 Å². The Hall–Kier alpha value is -2.76. The quantitative estimate of drug-likeness (QED) is 0.490. The van der Waals surface area contributed by atoms with Gasteiger partial charge in [-0.2, -0.15) is 0 Å². The lowest BCUT2D eigenvalue weighted by molar-refractivity contribution is 0.102. The van der Waals surface area contributed by atoms with Crippen LogP contribution in [0.3, 0.4) is 0 Å². The van der Waals surface area contributed by atoms with Crippen LogP contribution in [0, 0.1) is 0 Å². The molecular formula is C24H23NO3S. The van der Waals surface area contributed by atoms with Gasteiger partial charge in [0.05, 0.1) is 11.7 Å². The minimum Gasteiger partial charge on any atom is -0.457 e. The first kappa shape index (κ1) is 19.6. The summed E-state index contributed by atoms with van der Waals surface area (Å²) in [6.07, 6.45) is 2.50. The average Bonchev–Trinajstić information content (AvgIpc) is 3.28. The third-order valence-electron chi connectivity index (χ3n) is 4.67. The lowest BCUT2D eigenvalue weighted by Crippen LogP contribution is -2.14. The van der Waals surface area contributed by atoms with Gasteiger partial charge >= 0.3 is 0 Å². The van der Waals surface area contributed by atoms with Gasteiger partial charge in [0.1, 0.15) is 11.5 Å². The van der Waals surface area contributed by atoms with Crippen LogP contribution in [0.5, 0.6) is 11.5 Å². The number of carbonyl (C=O) groups excluding carboxylic acids is 1. The molecule has 1 amide bonds. The van der Waals surface area contributed by atoms with Gasteiger partial charge in [-0.15, -0.1) is 11.8 Å². The van der Waals surface area contributed by atoms with Crippen LogP contribution in [0.4, 0.5) is 5.69 Å². The highest BCUT2D eigenvalue weighted by Gasteiger charge is 2.18. The Bertz CT molecular complexity index is 938. The van der Waals surface area contributed by atoms with Gasteiger partial charge in [-0.1, -0.05) is 30.3 Å². The number of rotatable bonds is 7. The summed E-state index contributed by atoms with van der Waals surface area (Å²) >= 11 is 1.68. The number of para-hydroxylation sites is 1. The molecule has 0 bridgehead atoms. The number of ether oxygens (including phenoxy) is 2. The molecule has 1 aliphatic heterocycles. The highest BCUT2D eigenvalue weighted by atomic mass is 32.2. The van der Waals surface area contributed by atoms with Gasteiger partial charge in [0.15, 0.2) is 0 Å². The zero-order valence-electron chi connectivity index (χ0n) is 16.0. The van der Waals surface area contributed by atoms with Crippen molar-refractivity contribution < 1.29 is 14.3 Å². The number of amides is 1. The molecule has 0 aliphatic carbocycles. The van der Waals surface area contributed by atoms with E-state index in [1.807, 2.05) is 78.9 Å². The van der Waals surface area contributed by atoms with Crippen LogP contribution in [0.1, 0.15) is 23.2 Å². The van der Waals surface area contributed by atoms with E-state index >= 15 is 0 Å². The van der Waals surface area contributed by atoms with E-state index in [1.54, 1.807) is 11.8 Å². The summed E-state index contributed by atoms with van der Waals surface area (Å²) in [6.45, 7) is 0.845. The molecule has 3 aromatic carbocycles. The topological polar surface area (TPSA) is 47.6 Å². The Kier molecular flexibility index (Phi) is 6.49. The number of thioether (sulfide) groups is 1. The maximum atomic E-state index is 12.8. The molecular weight excluding hydrogens is 382 g/mol. The summed E-state index contributed by atoms with van der Waals surface area (Å²) in [7, 11) is 0. The molecule has 0 saturated carbocycles. The first-order valence-electron chi connectivity index (χ1n) is 9.76. The molecule has 29 heavy (non-hydrogen) atoms. The van der Waals surface area contributed by atoms with Crippen molar-refractivity contribution in [1.29, 1.82) is 0 Å². The summed E-state index contributed by atoms with van der Waals surface area (Å²) < 4.78 is 11.5. The van der Waals surface area contributed by atoms with Crippen LogP contribution in [-0.2, 0) is 4.74 Å². The molecule has 1 N–H and O–H groups in total. The predicted molar refractivity (Wildman–Crippen MR) is 117 cm³/mol. The van der Waals surface area contributed by atoms with Crippen molar-refractivity contribution >= 4 is 23.4 Å². The fourth-order valence-corrected chi connectivity index (χ4v) is 4.29. The first-order chi connectivity index (χ1) is 14.3. The Balaban J connectivity index is 1.38. The molecule has 1 fully saturated rings. The van der Waals surface area contributed by atoms with Crippen molar-refractivity contribution in [3.8, 4) is 11.5 Å². The van der Waals surface area contributed by atoms with Crippen LogP contribution in [-0.4, -0.2) is 24.4 Å². The first-order valence-corrected chi connectivity index (χ1v) is 10.7. The third kappa shape index (κ3) is 5.40. The molecule has 148 valence electrons. The van der Waals surface area contributed by atoms with E-state index in [0.717, 1.165) is 47.3 Å². The molecule has 1 saturated heterocycles. The Morgan fingerprint density at radius 1 is 0.966 bits per heavy atom. The Morgan fingerprint density at radius 3 is 2.45 bits per heavy atom. The largest absolute Gasteiger partial charge is 0.457 e. The van der Waals surface area contributed by atoms with Gasteiger partial charge in [-0.05, 0) is 61.4 Å². The Labute approximate surface area is 175 Å². The molecule has 4 rings (SSSR count). The van der Waals surface area contributed by atoms with E-state index in [4.69, 9.17) is 9.47 Å². The number of anilines is 1. The van der Waals surface area contributed by atoms with Gasteiger partial charge in [0.2, 0.25) is 0 Å². The molecule has 0 radical (unpaired) electrons. The van der Waals surface area contributed by atoms with Crippen LogP contribution in [0.15, 0.2) is 83.8 Å². The van der Waals surface area contributed by atoms with E-state index in [-0.39, 0.29) is 12.0 Å². The van der Waals surface area contributed by atoms with Crippen molar-refractivity contribution in [2.24, 2.45) is 0 Å². The minimum absolute atomic E-state index is 0.114. The van der Waals surface area contributed by atoms with Gasteiger partial charge in [0, 0.05) is 22.9 Å². The number of nitrogens with one attached hydrogen (secondary N) is 1. The summed E-state index contributed by atoms with van der Waals surface area (Å²) in [6, 6.07) is 24.7. The number of carbonyl (C=O) groups is 1. The SMILES string of the molecule is O=C(Nc1ccc(Oc2ccccc2)cc1)c1ccccc1SCC1CCCO1. The highest BCUT2D eigenvalue weighted by molar-refractivity contribution is 7.99. The number of hydrogen-bond acceptors (Lipinski definition) is 4. The van der Waals surface area contributed by atoms with Crippen LogP contribution < -0.4 is 10.1 Å². The standard InChI is InChI=1S/C24H23NO3S/c26-24(22-10-4-5-11-23(22)29-17-21-9-6-16-27-21)25-18-12-14-20(15-13-18)28-19-7-2-1-3-8-19/h1-5,7-8,10-15,21H,6,9,16-17H2,(H,25,26). The number of hydrogen-bond donors (Lipinski definition) is 1. The second-order valence-electron chi connectivity index (χ2n) is 6.84. The summed E-state index contributed by atoms with van der Waals surface area (Å²) in [5, 5.41) is 2.98. The zero-order chi connectivity index (χ0) is 19.9. The molecule has 0 aromatic heterocycles. The molecule has 0 spiro atoms. The van der Waals surface area contributed by atoms with Crippen molar-refractivity contribution in [1.82, 2.24) is 0 Å². The van der Waals surface area contributed by atoms with Crippen LogP contribution >= 0.6 is 11.8 Å². The summed E-state index contributed by atoms with van der Waals surface area (Å²) in [5.41, 5.74) is 1.41. The second kappa shape index (κ2) is 9.63. The van der Waals surface area contributed by atoms with Gasteiger partial charge < -0.3 is 14.8 Å². The molecule has 5 heteroatoms. The molecule has 1 aliphatic rings. The molecule has 3 aromatic rings. The lowest BCUT2D eigenvalue weighted by Gasteiger charge is -2.13. The van der Waals surface area contributed by atoms with Crippen molar-refractivity contribution in [3.05, 3.63) is 84.4 Å². The highest BCUT2D eigenvalue weighted by Crippen LogP contribution is 2.28.